The van der Waals surface area contributed by atoms with Gasteiger partial charge in [0.2, 0.25) is 0 Å². The molecule has 1 aromatic rings. The van der Waals surface area contributed by atoms with E-state index < -0.39 is 0 Å². The molecule has 0 aliphatic rings. The minimum Gasteiger partial charge on any atom is -0.326 e. The van der Waals surface area contributed by atoms with E-state index in [1.807, 2.05) is 36.4 Å². The average Bonchev–Trinajstić information content (AvgIpc) is 2.25. The Labute approximate surface area is 82.7 Å². The highest BCUT2D eigenvalue weighted by Crippen LogP contribution is 2.06. The summed E-state index contributed by atoms with van der Waals surface area (Å²) < 4.78 is 0. The molecule has 0 heterocycles. The van der Waals surface area contributed by atoms with Gasteiger partial charge in [-0.05, 0) is 16.7 Å². The summed E-state index contributed by atoms with van der Waals surface area (Å²) in [6.45, 7) is 0.918. The van der Waals surface area contributed by atoms with Crippen molar-refractivity contribution in [3.8, 4) is 0 Å². The summed E-state index contributed by atoms with van der Waals surface area (Å²) in [5, 5.41) is 3.40. The van der Waals surface area contributed by atoms with E-state index in [-0.39, 0.29) is 0 Å². The van der Waals surface area contributed by atoms with E-state index in [0.717, 1.165) is 11.1 Å². The van der Waals surface area contributed by atoms with Gasteiger partial charge in [0.15, 0.2) is 0 Å². The molecule has 72 valence electrons. The molecule has 0 radical (unpaired) electrons. The van der Waals surface area contributed by atoms with Crippen LogP contribution in [0.25, 0.3) is 16.5 Å². The topological polar surface area (TPSA) is 74.8 Å². The molecule has 0 bridgehead atoms. The molecule has 0 fully saturated rings. The minimum absolute atomic E-state index is 0.378. The summed E-state index contributed by atoms with van der Waals surface area (Å²) in [4.78, 5) is 2.65. The van der Waals surface area contributed by atoms with Crippen LogP contribution in [0.1, 0.15) is 11.1 Å². The Balaban J connectivity index is 2.66. The number of azide groups is 1. The Morgan fingerprint density at radius 1 is 1.50 bits per heavy atom. The lowest BCUT2D eigenvalue weighted by Gasteiger charge is -1.97. The zero-order chi connectivity index (χ0) is 10.2. The highest BCUT2D eigenvalue weighted by molar-refractivity contribution is 5.50. The van der Waals surface area contributed by atoms with E-state index in [0.29, 0.717) is 13.1 Å². The molecule has 0 spiro atoms. The predicted octanol–water partition coefficient (Wildman–Crippen LogP) is 2.47. The van der Waals surface area contributed by atoms with E-state index in [1.54, 1.807) is 0 Å². The predicted molar refractivity (Wildman–Crippen MR) is 57.4 cm³/mol. The summed E-state index contributed by atoms with van der Waals surface area (Å²) in [6, 6.07) is 7.92. The van der Waals surface area contributed by atoms with Crippen molar-refractivity contribution in [1.82, 2.24) is 0 Å². The van der Waals surface area contributed by atoms with Crippen LogP contribution in [-0.4, -0.2) is 6.54 Å². The quantitative estimate of drug-likeness (QED) is 0.440. The molecule has 0 unspecified atom stereocenters. The van der Waals surface area contributed by atoms with E-state index in [1.165, 1.54) is 0 Å². The molecular formula is C10H12N4. The van der Waals surface area contributed by atoms with Crippen molar-refractivity contribution in [2.75, 3.05) is 6.54 Å². The van der Waals surface area contributed by atoms with E-state index in [9.17, 15) is 0 Å². The van der Waals surface area contributed by atoms with Gasteiger partial charge in [-0.15, -0.1) is 0 Å². The first-order chi connectivity index (χ1) is 6.86. The molecular weight excluding hydrogens is 176 g/mol. The third-order valence-corrected chi connectivity index (χ3v) is 1.75. The second kappa shape index (κ2) is 5.80. The number of nitrogens with two attached hydrogens (primary N) is 1. The fourth-order valence-corrected chi connectivity index (χ4v) is 1.10. The number of benzene rings is 1. The molecule has 0 aliphatic carbocycles. The number of nitrogens with zero attached hydrogens (tertiary/aromatic N) is 3. The molecule has 0 atom stereocenters. The van der Waals surface area contributed by atoms with Gasteiger partial charge in [-0.25, -0.2) is 0 Å². The third-order valence-electron chi connectivity index (χ3n) is 1.75. The number of rotatable bonds is 4. The molecule has 0 amide bonds. The van der Waals surface area contributed by atoms with E-state index in [4.69, 9.17) is 11.3 Å². The number of hydrogen-bond donors (Lipinski definition) is 1. The molecule has 1 rings (SSSR count). The zero-order valence-corrected chi connectivity index (χ0v) is 7.80. The second-order valence-corrected chi connectivity index (χ2v) is 2.76. The Morgan fingerprint density at radius 3 is 3.07 bits per heavy atom. The smallest absolute Gasteiger partial charge is 0.0443 e. The van der Waals surface area contributed by atoms with Crippen LogP contribution in [0.15, 0.2) is 35.5 Å². The maximum atomic E-state index is 8.05. The van der Waals surface area contributed by atoms with Crippen molar-refractivity contribution in [2.45, 2.75) is 6.54 Å². The van der Waals surface area contributed by atoms with Crippen LogP contribution in [0.3, 0.4) is 0 Å². The van der Waals surface area contributed by atoms with Crippen molar-refractivity contribution in [3.05, 3.63) is 51.9 Å². The fourth-order valence-electron chi connectivity index (χ4n) is 1.10. The van der Waals surface area contributed by atoms with Crippen molar-refractivity contribution >= 4 is 6.08 Å². The highest BCUT2D eigenvalue weighted by atomic mass is 15.1. The summed E-state index contributed by atoms with van der Waals surface area (Å²) in [6.07, 6.45) is 3.73. The molecule has 4 heteroatoms. The van der Waals surface area contributed by atoms with Gasteiger partial charge in [-0.2, -0.15) is 0 Å². The van der Waals surface area contributed by atoms with Crippen LogP contribution in [0.4, 0.5) is 0 Å². The van der Waals surface area contributed by atoms with Gasteiger partial charge in [0, 0.05) is 18.0 Å². The normalized spacial score (nSPS) is 10.1. The molecule has 14 heavy (non-hydrogen) atoms. The van der Waals surface area contributed by atoms with Crippen LogP contribution in [0, 0.1) is 0 Å². The maximum absolute atomic E-state index is 8.05. The van der Waals surface area contributed by atoms with Crippen LogP contribution in [0.2, 0.25) is 0 Å². The molecule has 0 saturated heterocycles. The van der Waals surface area contributed by atoms with Gasteiger partial charge in [0.25, 0.3) is 0 Å². The molecule has 2 N–H and O–H groups in total. The summed E-state index contributed by atoms with van der Waals surface area (Å²) >= 11 is 0. The van der Waals surface area contributed by atoms with Crippen molar-refractivity contribution in [2.24, 2.45) is 10.8 Å². The second-order valence-electron chi connectivity index (χ2n) is 2.76. The largest absolute Gasteiger partial charge is 0.326 e. The van der Waals surface area contributed by atoms with Crippen molar-refractivity contribution in [1.29, 1.82) is 0 Å². The third kappa shape index (κ3) is 3.31. The van der Waals surface area contributed by atoms with Crippen molar-refractivity contribution < 1.29 is 0 Å². The highest BCUT2D eigenvalue weighted by Gasteiger charge is 1.89. The minimum atomic E-state index is 0.378. The van der Waals surface area contributed by atoms with Crippen LogP contribution < -0.4 is 5.73 Å². The molecule has 0 aromatic heterocycles. The lowest BCUT2D eigenvalue weighted by atomic mass is 10.1. The van der Waals surface area contributed by atoms with Gasteiger partial charge < -0.3 is 5.73 Å². The van der Waals surface area contributed by atoms with Crippen LogP contribution in [0.5, 0.6) is 0 Å². The lowest BCUT2D eigenvalue weighted by Crippen LogP contribution is -1.95. The summed E-state index contributed by atoms with van der Waals surface area (Å²) in [5.74, 6) is 0. The van der Waals surface area contributed by atoms with Gasteiger partial charge in [-0.3, -0.25) is 0 Å². The van der Waals surface area contributed by atoms with E-state index >= 15 is 0 Å². The standard InChI is InChI=1S/C10H12N4/c11-8-10-4-1-3-9(7-10)5-2-6-13-14-12/h1-5,7H,6,8,11H2. The average molecular weight is 188 g/mol. The Morgan fingerprint density at radius 2 is 2.36 bits per heavy atom. The number of hydrogen-bond acceptors (Lipinski definition) is 2. The van der Waals surface area contributed by atoms with Crippen LogP contribution in [-0.2, 0) is 6.54 Å². The molecule has 1 aromatic carbocycles. The monoisotopic (exact) mass is 188 g/mol. The van der Waals surface area contributed by atoms with Gasteiger partial charge in [0.05, 0.1) is 0 Å². The Hall–Kier alpha value is -1.77. The molecule has 4 nitrogen and oxygen atoms in total. The molecule has 0 saturated carbocycles. The molecule has 0 aliphatic heterocycles. The first-order valence-corrected chi connectivity index (χ1v) is 4.33. The van der Waals surface area contributed by atoms with Gasteiger partial charge in [0.1, 0.15) is 0 Å². The first kappa shape index (κ1) is 10.3. The van der Waals surface area contributed by atoms with Crippen molar-refractivity contribution in [3.63, 3.8) is 0 Å². The van der Waals surface area contributed by atoms with Gasteiger partial charge in [-0.1, -0.05) is 41.5 Å². The zero-order valence-electron chi connectivity index (χ0n) is 7.80. The lowest BCUT2D eigenvalue weighted by molar-refractivity contribution is 1.07. The fraction of sp³-hybridized carbons (Fsp3) is 0.200. The van der Waals surface area contributed by atoms with E-state index in [2.05, 4.69) is 10.0 Å². The van der Waals surface area contributed by atoms with Crippen LogP contribution >= 0.6 is 0 Å². The Kier molecular flexibility index (Phi) is 4.27. The summed E-state index contributed by atoms with van der Waals surface area (Å²) in [5.41, 5.74) is 15.7. The summed E-state index contributed by atoms with van der Waals surface area (Å²) in [7, 11) is 0. The van der Waals surface area contributed by atoms with Gasteiger partial charge >= 0.3 is 0 Å². The maximum Gasteiger partial charge on any atom is 0.0443 e. The first-order valence-electron chi connectivity index (χ1n) is 4.33. The SMILES string of the molecule is [N-]=[N+]=NCC=Cc1cccc(CN)c1. The Bertz CT molecular complexity index is 364.